The van der Waals surface area contributed by atoms with Crippen molar-refractivity contribution >= 4 is 23.5 Å². The van der Waals surface area contributed by atoms with E-state index < -0.39 is 0 Å². The molecule has 4 nitrogen and oxygen atoms in total. The van der Waals surface area contributed by atoms with E-state index in [0.717, 1.165) is 17.0 Å². The Morgan fingerprint density at radius 2 is 1.95 bits per heavy atom. The Bertz CT molecular complexity index is 582. The molecule has 0 aliphatic heterocycles. The second-order valence-electron chi connectivity index (χ2n) is 3.81. The van der Waals surface area contributed by atoms with Crippen LogP contribution in [0.4, 0.5) is 5.69 Å². The molecule has 0 atom stereocenters. The van der Waals surface area contributed by atoms with Gasteiger partial charge in [0.25, 0.3) is 0 Å². The molecule has 0 spiro atoms. The number of nitrogens with one attached hydrogen (secondary N) is 1. The molecule has 0 radical (unpaired) electrons. The van der Waals surface area contributed by atoms with Crippen LogP contribution in [0.15, 0.2) is 47.6 Å². The molecule has 0 aliphatic carbocycles. The Labute approximate surface area is 116 Å². The summed E-state index contributed by atoms with van der Waals surface area (Å²) < 4.78 is 5.06. The standard InChI is InChI=1S/C14H13ClN2O2/c1-19-12-5-3-11(4-6-12)17-16-9-10-2-7-14(18)13(15)8-10/h2-9,17-18H,1H3/b16-9-. The molecule has 0 aliphatic rings. The molecule has 5 heteroatoms. The van der Waals surface area contributed by atoms with Gasteiger partial charge >= 0.3 is 0 Å². The normalized spacial score (nSPS) is 10.6. The SMILES string of the molecule is COc1ccc(N/N=C\c2ccc(O)c(Cl)c2)cc1. The largest absolute Gasteiger partial charge is 0.506 e. The molecule has 2 aromatic carbocycles. The smallest absolute Gasteiger partial charge is 0.134 e. The number of methoxy groups -OCH3 is 1. The van der Waals surface area contributed by atoms with Gasteiger partial charge in [-0.2, -0.15) is 5.10 Å². The second-order valence-corrected chi connectivity index (χ2v) is 4.22. The van der Waals surface area contributed by atoms with Crippen LogP contribution in [0.2, 0.25) is 5.02 Å². The Hall–Kier alpha value is -2.20. The van der Waals surface area contributed by atoms with E-state index in [2.05, 4.69) is 10.5 Å². The summed E-state index contributed by atoms with van der Waals surface area (Å²) in [7, 11) is 1.62. The van der Waals surface area contributed by atoms with Gasteiger partial charge in [0.2, 0.25) is 0 Å². The summed E-state index contributed by atoms with van der Waals surface area (Å²) in [5, 5.41) is 13.7. The van der Waals surface area contributed by atoms with Gasteiger partial charge in [-0.05, 0) is 48.0 Å². The zero-order valence-electron chi connectivity index (χ0n) is 10.3. The highest BCUT2D eigenvalue weighted by Gasteiger charge is 1.97. The molecular weight excluding hydrogens is 264 g/mol. The van der Waals surface area contributed by atoms with Gasteiger partial charge in [-0.3, -0.25) is 5.43 Å². The third kappa shape index (κ3) is 3.63. The van der Waals surface area contributed by atoms with Gasteiger partial charge in [0.15, 0.2) is 0 Å². The van der Waals surface area contributed by atoms with Crippen molar-refractivity contribution in [1.82, 2.24) is 0 Å². The van der Waals surface area contributed by atoms with Crippen LogP contribution in [0.3, 0.4) is 0 Å². The third-order valence-electron chi connectivity index (χ3n) is 2.47. The molecule has 98 valence electrons. The van der Waals surface area contributed by atoms with E-state index in [0.29, 0.717) is 5.02 Å². The number of benzene rings is 2. The Kier molecular flexibility index (Phi) is 4.26. The van der Waals surface area contributed by atoms with Gasteiger partial charge in [-0.15, -0.1) is 0 Å². The number of hydrazone groups is 1. The minimum absolute atomic E-state index is 0.0573. The highest BCUT2D eigenvalue weighted by Crippen LogP contribution is 2.22. The van der Waals surface area contributed by atoms with Gasteiger partial charge < -0.3 is 9.84 Å². The molecule has 0 bridgehead atoms. The van der Waals surface area contributed by atoms with Crippen LogP contribution in [0, 0.1) is 0 Å². The number of nitrogens with zero attached hydrogens (tertiary/aromatic N) is 1. The maximum atomic E-state index is 9.29. The van der Waals surface area contributed by atoms with E-state index in [1.54, 1.807) is 25.5 Å². The zero-order chi connectivity index (χ0) is 13.7. The molecule has 2 N–H and O–H groups in total. The van der Waals surface area contributed by atoms with Gasteiger partial charge in [0.1, 0.15) is 11.5 Å². The first kappa shape index (κ1) is 13.2. The number of ether oxygens (including phenoxy) is 1. The Morgan fingerprint density at radius 3 is 2.58 bits per heavy atom. The lowest BCUT2D eigenvalue weighted by Crippen LogP contribution is -1.91. The molecule has 19 heavy (non-hydrogen) atoms. The summed E-state index contributed by atoms with van der Waals surface area (Å²) in [5.41, 5.74) is 4.53. The van der Waals surface area contributed by atoms with E-state index in [-0.39, 0.29) is 5.75 Å². The number of phenols is 1. The number of aromatic hydroxyl groups is 1. The van der Waals surface area contributed by atoms with Gasteiger partial charge in [-0.25, -0.2) is 0 Å². The number of hydrogen-bond donors (Lipinski definition) is 2. The summed E-state index contributed by atoms with van der Waals surface area (Å²) in [4.78, 5) is 0. The van der Waals surface area contributed by atoms with Crippen LogP contribution in [0.1, 0.15) is 5.56 Å². The molecule has 0 amide bonds. The van der Waals surface area contributed by atoms with Crippen LogP contribution in [0.5, 0.6) is 11.5 Å². The maximum absolute atomic E-state index is 9.29. The summed E-state index contributed by atoms with van der Waals surface area (Å²) in [6, 6.07) is 12.3. The fourth-order valence-corrected chi connectivity index (χ4v) is 1.64. The molecule has 0 aromatic heterocycles. The van der Waals surface area contributed by atoms with Crippen LogP contribution in [0.25, 0.3) is 0 Å². The molecule has 0 saturated carbocycles. The highest BCUT2D eigenvalue weighted by atomic mass is 35.5. The monoisotopic (exact) mass is 276 g/mol. The molecule has 2 aromatic rings. The number of halogens is 1. The average Bonchev–Trinajstić information content (AvgIpc) is 2.43. The molecular formula is C14H13ClN2O2. The molecule has 0 fully saturated rings. The fourth-order valence-electron chi connectivity index (χ4n) is 1.45. The van der Waals surface area contributed by atoms with Crippen molar-refractivity contribution in [2.75, 3.05) is 12.5 Å². The van der Waals surface area contributed by atoms with Crippen molar-refractivity contribution in [1.29, 1.82) is 0 Å². The van der Waals surface area contributed by atoms with E-state index in [4.69, 9.17) is 16.3 Å². The summed E-state index contributed by atoms with van der Waals surface area (Å²) in [6.07, 6.45) is 1.62. The number of anilines is 1. The lowest BCUT2D eigenvalue weighted by molar-refractivity contribution is 0.415. The Balaban J connectivity index is 2.00. The minimum atomic E-state index is 0.0573. The second kappa shape index (κ2) is 6.11. The van der Waals surface area contributed by atoms with Crippen molar-refractivity contribution in [2.45, 2.75) is 0 Å². The summed E-state index contributed by atoms with van der Waals surface area (Å²) in [5.74, 6) is 0.849. The van der Waals surface area contributed by atoms with Gasteiger partial charge in [0, 0.05) is 0 Å². The highest BCUT2D eigenvalue weighted by molar-refractivity contribution is 6.32. The lowest BCUT2D eigenvalue weighted by atomic mass is 10.2. The van der Waals surface area contributed by atoms with E-state index in [1.807, 2.05) is 24.3 Å². The topological polar surface area (TPSA) is 53.8 Å². The first-order valence-electron chi connectivity index (χ1n) is 5.60. The fraction of sp³-hybridized carbons (Fsp3) is 0.0714. The Morgan fingerprint density at radius 1 is 1.21 bits per heavy atom. The first-order valence-corrected chi connectivity index (χ1v) is 5.98. The van der Waals surface area contributed by atoms with Crippen LogP contribution < -0.4 is 10.2 Å². The van der Waals surface area contributed by atoms with Crippen molar-refractivity contribution < 1.29 is 9.84 Å². The van der Waals surface area contributed by atoms with Crippen molar-refractivity contribution in [2.24, 2.45) is 5.10 Å². The van der Waals surface area contributed by atoms with Gasteiger partial charge in [-0.1, -0.05) is 11.6 Å². The van der Waals surface area contributed by atoms with Crippen molar-refractivity contribution in [3.63, 3.8) is 0 Å². The predicted molar refractivity (Wildman–Crippen MR) is 77.3 cm³/mol. The maximum Gasteiger partial charge on any atom is 0.134 e. The molecule has 0 heterocycles. The summed E-state index contributed by atoms with van der Waals surface area (Å²) >= 11 is 5.80. The predicted octanol–water partition coefficient (Wildman–Crippen LogP) is 3.50. The van der Waals surface area contributed by atoms with E-state index in [1.165, 1.54) is 6.07 Å². The first-order chi connectivity index (χ1) is 9.19. The molecule has 0 unspecified atom stereocenters. The van der Waals surface area contributed by atoms with Crippen molar-refractivity contribution in [3.8, 4) is 11.5 Å². The van der Waals surface area contributed by atoms with Crippen molar-refractivity contribution in [3.05, 3.63) is 53.1 Å². The third-order valence-corrected chi connectivity index (χ3v) is 2.77. The lowest BCUT2D eigenvalue weighted by Gasteiger charge is -2.02. The van der Waals surface area contributed by atoms with E-state index in [9.17, 15) is 5.11 Å². The molecule has 0 saturated heterocycles. The van der Waals surface area contributed by atoms with Gasteiger partial charge in [0.05, 0.1) is 24.0 Å². The average molecular weight is 277 g/mol. The van der Waals surface area contributed by atoms with Crippen LogP contribution >= 0.6 is 11.6 Å². The minimum Gasteiger partial charge on any atom is -0.506 e. The van der Waals surface area contributed by atoms with E-state index >= 15 is 0 Å². The van der Waals surface area contributed by atoms with Crippen LogP contribution in [-0.4, -0.2) is 18.4 Å². The number of rotatable bonds is 4. The number of hydrogen-bond acceptors (Lipinski definition) is 4. The zero-order valence-corrected chi connectivity index (χ0v) is 11.1. The summed E-state index contributed by atoms with van der Waals surface area (Å²) in [6.45, 7) is 0. The quantitative estimate of drug-likeness (QED) is 0.664. The number of phenolic OH excluding ortho intramolecular Hbond substituents is 1. The van der Waals surface area contributed by atoms with Crippen LogP contribution in [-0.2, 0) is 0 Å². The molecule has 2 rings (SSSR count).